The second-order valence-corrected chi connectivity index (χ2v) is 5.37. The zero-order chi connectivity index (χ0) is 13.4. The Balaban J connectivity index is 2.53. The molecule has 18 heavy (non-hydrogen) atoms. The van der Waals surface area contributed by atoms with Gasteiger partial charge in [0.15, 0.2) is 0 Å². The van der Waals surface area contributed by atoms with Crippen LogP contribution in [0.3, 0.4) is 0 Å². The molecule has 0 aliphatic heterocycles. The lowest BCUT2D eigenvalue weighted by Gasteiger charge is -2.09. The highest BCUT2D eigenvalue weighted by Gasteiger charge is 2.10. The highest BCUT2D eigenvalue weighted by molar-refractivity contribution is 7.84. The molecule has 1 atom stereocenters. The lowest BCUT2D eigenvalue weighted by molar-refractivity contribution is 0.0954. The molecular formula is C12H19N3O2S. The zero-order valence-electron chi connectivity index (χ0n) is 10.7. The van der Waals surface area contributed by atoms with Crippen LogP contribution in [0.25, 0.3) is 0 Å². The molecule has 1 aromatic heterocycles. The molecule has 0 bridgehead atoms. The predicted octanol–water partition coefficient (Wildman–Crippen LogP) is 1.01. The van der Waals surface area contributed by atoms with Gasteiger partial charge in [-0.1, -0.05) is 0 Å². The van der Waals surface area contributed by atoms with Crippen LogP contribution in [0.1, 0.15) is 23.7 Å². The molecule has 1 aromatic rings. The van der Waals surface area contributed by atoms with Crippen LogP contribution in [0.15, 0.2) is 18.3 Å². The van der Waals surface area contributed by atoms with Gasteiger partial charge in [-0.15, -0.1) is 0 Å². The summed E-state index contributed by atoms with van der Waals surface area (Å²) >= 11 is 0. The van der Waals surface area contributed by atoms with Gasteiger partial charge < -0.3 is 10.6 Å². The van der Waals surface area contributed by atoms with Crippen molar-refractivity contribution < 1.29 is 9.00 Å². The summed E-state index contributed by atoms with van der Waals surface area (Å²) in [5.41, 5.74) is 0.539. The third-order valence-corrected chi connectivity index (χ3v) is 3.15. The molecule has 1 heterocycles. The van der Waals surface area contributed by atoms with Gasteiger partial charge in [-0.2, -0.15) is 0 Å². The van der Waals surface area contributed by atoms with Gasteiger partial charge in [-0.3, -0.25) is 9.00 Å². The molecule has 0 spiro atoms. The van der Waals surface area contributed by atoms with Crippen LogP contribution < -0.4 is 10.6 Å². The normalized spacial score (nSPS) is 11.9. The molecule has 5 nitrogen and oxygen atoms in total. The molecule has 6 heteroatoms. The Bertz CT molecular complexity index is 424. The fourth-order valence-corrected chi connectivity index (χ4v) is 2.02. The molecule has 1 amide bonds. The summed E-state index contributed by atoms with van der Waals surface area (Å²) in [6.07, 6.45) is 4.02. The largest absolute Gasteiger partial charge is 0.370 e. The van der Waals surface area contributed by atoms with E-state index in [-0.39, 0.29) is 5.91 Å². The number of anilines is 1. The van der Waals surface area contributed by atoms with Gasteiger partial charge in [0.25, 0.3) is 5.91 Å². The summed E-state index contributed by atoms with van der Waals surface area (Å²) in [4.78, 5) is 16.0. The van der Waals surface area contributed by atoms with Crippen LogP contribution in [0.4, 0.5) is 5.82 Å². The number of rotatable bonds is 7. The van der Waals surface area contributed by atoms with Crippen molar-refractivity contribution in [3.05, 3.63) is 23.9 Å². The first-order valence-corrected chi connectivity index (χ1v) is 7.65. The smallest absolute Gasteiger partial charge is 0.255 e. The topological polar surface area (TPSA) is 71.1 Å². The van der Waals surface area contributed by atoms with Crippen LogP contribution in [0.2, 0.25) is 0 Å². The molecule has 0 fully saturated rings. The number of carbonyl (C=O) groups is 1. The Hall–Kier alpha value is -1.43. The Morgan fingerprint density at radius 1 is 1.50 bits per heavy atom. The van der Waals surface area contributed by atoms with Crippen LogP contribution in [0.5, 0.6) is 0 Å². The minimum absolute atomic E-state index is 0.152. The van der Waals surface area contributed by atoms with E-state index in [0.717, 1.165) is 0 Å². The number of hydrogen-bond acceptors (Lipinski definition) is 4. The van der Waals surface area contributed by atoms with Gasteiger partial charge in [-0.05, 0) is 25.5 Å². The minimum Gasteiger partial charge on any atom is -0.370 e. The molecule has 0 aliphatic carbocycles. The van der Waals surface area contributed by atoms with Gasteiger partial charge in [-0.25, -0.2) is 4.98 Å². The maximum Gasteiger partial charge on any atom is 0.255 e. The third kappa shape index (κ3) is 4.83. The standard InChI is InChI=1S/C12H19N3O2S/c1-3-13-11-10(6-4-7-14-11)12(16)15-8-5-9-18(2)17/h4,6-7H,3,5,8-9H2,1-2H3,(H,13,14)(H,15,16). The van der Waals surface area contributed by atoms with E-state index in [4.69, 9.17) is 0 Å². The van der Waals surface area contributed by atoms with Gasteiger partial charge in [0.1, 0.15) is 5.82 Å². The van der Waals surface area contributed by atoms with Crippen molar-refractivity contribution in [3.8, 4) is 0 Å². The van der Waals surface area contributed by atoms with Gasteiger partial charge in [0.05, 0.1) is 5.56 Å². The van der Waals surface area contributed by atoms with Crippen molar-refractivity contribution in [2.45, 2.75) is 13.3 Å². The lowest BCUT2D eigenvalue weighted by Crippen LogP contribution is -2.26. The van der Waals surface area contributed by atoms with Crippen molar-refractivity contribution in [2.75, 3.05) is 30.4 Å². The van der Waals surface area contributed by atoms with E-state index in [1.165, 1.54) is 0 Å². The summed E-state index contributed by atoms with van der Waals surface area (Å²) in [5.74, 6) is 1.05. The lowest BCUT2D eigenvalue weighted by atomic mass is 10.2. The first-order valence-electron chi connectivity index (χ1n) is 5.92. The van der Waals surface area contributed by atoms with E-state index in [9.17, 15) is 9.00 Å². The fraction of sp³-hybridized carbons (Fsp3) is 0.500. The van der Waals surface area contributed by atoms with E-state index < -0.39 is 10.8 Å². The molecule has 1 rings (SSSR count). The van der Waals surface area contributed by atoms with Crippen LogP contribution in [0, 0.1) is 0 Å². The molecule has 100 valence electrons. The van der Waals surface area contributed by atoms with Gasteiger partial charge in [0, 0.05) is 42.1 Å². The van der Waals surface area contributed by atoms with E-state index >= 15 is 0 Å². The highest BCUT2D eigenvalue weighted by Crippen LogP contribution is 2.10. The number of carbonyl (C=O) groups excluding carboxylic acids is 1. The summed E-state index contributed by atoms with van der Waals surface area (Å²) in [7, 11) is -0.808. The average Bonchev–Trinajstić information content (AvgIpc) is 2.35. The SMILES string of the molecule is CCNc1ncccc1C(=O)NCCCS(C)=O. The van der Waals surface area contributed by atoms with Crippen molar-refractivity contribution in [3.63, 3.8) is 0 Å². The number of nitrogens with one attached hydrogen (secondary N) is 2. The molecule has 0 aromatic carbocycles. The molecule has 1 unspecified atom stereocenters. The Morgan fingerprint density at radius 3 is 2.94 bits per heavy atom. The predicted molar refractivity (Wildman–Crippen MR) is 74.3 cm³/mol. The van der Waals surface area contributed by atoms with Crippen molar-refractivity contribution in [1.82, 2.24) is 10.3 Å². The minimum atomic E-state index is -0.808. The van der Waals surface area contributed by atoms with Crippen molar-refractivity contribution in [1.29, 1.82) is 0 Å². The highest BCUT2D eigenvalue weighted by atomic mass is 32.2. The van der Waals surface area contributed by atoms with Crippen LogP contribution >= 0.6 is 0 Å². The Morgan fingerprint density at radius 2 is 2.28 bits per heavy atom. The van der Waals surface area contributed by atoms with Crippen molar-refractivity contribution >= 4 is 22.5 Å². The molecule has 0 aliphatic rings. The molecule has 0 saturated carbocycles. The first kappa shape index (κ1) is 14.6. The third-order valence-electron chi connectivity index (χ3n) is 2.29. The molecule has 0 radical (unpaired) electrons. The maximum absolute atomic E-state index is 11.9. The molecular weight excluding hydrogens is 250 g/mol. The second-order valence-electron chi connectivity index (χ2n) is 3.82. The van der Waals surface area contributed by atoms with E-state index in [0.29, 0.717) is 36.6 Å². The quantitative estimate of drug-likeness (QED) is 0.725. The number of hydrogen-bond donors (Lipinski definition) is 2. The number of nitrogens with zero attached hydrogens (tertiary/aromatic N) is 1. The van der Waals surface area contributed by atoms with Gasteiger partial charge in [0.2, 0.25) is 0 Å². The van der Waals surface area contributed by atoms with Crippen LogP contribution in [-0.2, 0) is 10.8 Å². The maximum atomic E-state index is 11.9. The van der Waals surface area contributed by atoms with Gasteiger partial charge >= 0.3 is 0 Å². The zero-order valence-corrected chi connectivity index (χ0v) is 11.5. The number of aromatic nitrogens is 1. The van der Waals surface area contributed by atoms with Crippen molar-refractivity contribution in [2.24, 2.45) is 0 Å². The Kier molecular flexibility index (Phi) is 6.35. The van der Waals surface area contributed by atoms with E-state index in [2.05, 4.69) is 15.6 Å². The van der Waals surface area contributed by atoms with E-state index in [1.54, 1.807) is 24.6 Å². The number of amides is 1. The molecule has 2 N–H and O–H groups in total. The Labute approximate surface area is 110 Å². The summed E-state index contributed by atoms with van der Waals surface area (Å²) in [6.45, 7) is 3.19. The summed E-state index contributed by atoms with van der Waals surface area (Å²) in [6, 6.07) is 3.47. The average molecular weight is 269 g/mol. The monoisotopic (exact) mass is 269 g/mol. The van der Waals surface area contributed by atoms with Crippen LogP contribution in [-0.4, -0.2) is 40.2 Å². The first-order chi connectivity index (χ1) is 8.65. The summed E-state index contributed by atoms with van der Waals surface area (Å²) < 4.78 is 10.9. The summed E-state index contributed by atoms with van der Waals surface area (Å²) in [5, 5.41) is 5.84. The fourth-order valence-electron chi connectivity index (χ4n) is 1.47. The second kappa shape index (κ2) is 7.81. The van der Waals surface area contributed by atoms with E-state index in [1.807, 2.05) is 6.92 Å². The number of pyridine rings is 1. The molecule has 0 saturated heterocycles.